The second kappa shape index (κ2) is 10.7. The van der Waals surface area contributed by atoms with Crippen LogP contribution < -0.4 is 10.1 Å². The fourth-order valence-electron chi connectivity index (χ4n) is 4.38. The standard InChI is InChI=1S/C25H27ClFN7O2/c1-15-20(26)10-19(16(2)33-25-22-24(30-13-29-22)31-14-32-25)23(21(15)17-9-18(27)12-28-11-17)36-8-5-34-3-6-35-7-4-34/h9-14,16H,3-8H2,1-2H3,(H2,29,30,31,32,33). The number of nitrogens with zero attached hydrogens (tertiary/aromatic N) is 5. The molecule has 0 amide bonds. The number of ether oxygens (including phenoxy) is 2. The number of hydrogen-bond donors (Lipinski definition) is 2. The second-order valence-corrected chi connectivity index (χ2v) is 9.07. The number of aromatic nitrogens is 5. The number of hydrogen-bond acceptors (Lipinski definition) is 8. The first kappa shape index (κ1) is 24.4. The summed E-state index contributed by atoms with van der Waals surface area (Å²) in [5.74, 6) is 0.809. The molecule has 0 bridgehead atoms. The molecule has 4 heterocycles. The molecule has 3 aromatic heterocycles. The number of halogens is 2. The normalized spacial score (nSPS) is 15.2. The van der Waals surface area contributed by atoms with Gasteiger partial charge in [0.1, 0.15) is 30.0 Å². The van der Waals surface area contributed by atoms with Gasteiger partial charge in [-0.1, -0.05) is 11.6 Å². The van der Waals surface area contributed by atoms with Crippen LogP contribution in [0.1, 0.15) is 24.1 Å². The van der Waals surface area contributed by atoms with Gasteiger partial charge in [0.05, 0.1) is 31.8 Å². The van der Waals surface area contributed by atoms with Gasteiger partial charge in [0.15, 0.2) is 11.5 Å². The molecule has 1 aliphatic heterocycles. The van der Waals surface area contributed by atoms with Gasteiger partial charge in [-0.25, -0.2) is 19.3 Å². The van der Waals surface area contributed by atoms with E-state index in [4.69, 9.17) is 21.1 Å². The largest absolute Gasteiger partial charge is 0.491 e. The van der Waals surface area contributed by atoms with Crippen LogP contribution in [0.5, 0.6) is 5.75 Å². The molecule has 0 spiro atoms. The highest BCUT2D eigenvalue weighted by Crippen LogP contribution is 2.43. The second-order valence-electron chi connectivity index (χ2n) is 8.66. The number of H-pyrrole nitrogens is 1. The number of aromatic amines is 1. The molecule has 2 N–H and O–H groups in total. The molecule has 11 heteroatoms. The van der Waals surface area contributed by atoms with Gasteiger partial charge < -0.3 is 19.8 Å². The molecule has 1 aliphatic rings. The molecular weight excluding hydrogens is 485 g/mol. The molecule has 1 atom stereocenters. The van der Waals surface area contributed by atoms with Crippen LogP contribution in [0, 0.1) is 12.7 Å². The van der Waals surface area contributed by atoms with E-state index < -0.39 is 5.82 Å². The monoisotopic (exact) mass is 511 g/mol. The maximum Gasteiger partial charge on any atom is 0.182 e. The van der Waals surface area contributed by atoms with Crippen molar-refractivity contribution in [1.82, 2.24) is 29.8 Å². The van der Waals surface area contributed by atoms with Crippen LogP contribution in [0.4, 0.5) is 10.2 Å². The quantitative estimate of drug-likeness (QED) is 0.359. The van der Waals surface area contributed by atoms with Crippen molar-refractivity contribution in [3.05, 3.63) is 59.1 Å². The number of fused-ring (bicyclic) bond motifs is 1. The number of benzene rings is 1. The Labute approximate surface area is 213 Å². The average Bonchev–Trinajstić information content (AvgIpc) is 3.37. The highest BCUT2D eigenvalue weighted by atomic mass is 35.5. The Bertz CT molecular complexity index is 1360. The van der Waals surface area contributed by atoms with E-state index in [-0.39, 0.29) is 6.04 Å². The smallest absolute Gasteiger partial charge is 0.182 e. The Morgan fingerprint density at radius 3 is 2.86 bits per heavy atom. The summed E-state index contributed by atoms with van der Waals surface area (Å²) in [7, 11) is 0. The maximum absolute atomic E-state index is 14.2. The molecule has 4 aromatic rings. The van der Waals surface area contributed by atoms with Gasteiger partial charge in [-0.05, 0) is 31.5 Å². The van der Waals surface area contributed by atoms with Crippen LogP contribution >= 0.6 is 11.6 Å². The van der Waals surface area contributed by atoms with Crippen molar-refractivity contribution < 1.29 is 13.9 Å². The van der Waals surface area contributed by atoms with E-state index in [2.05, 4.69) is 35.1 Å². The number of pyridine rings is 1. The molecule has 1 fully saturated rings. The zero-order valence-corrected chi connectivity index (χ0v) is 20.8. The van der Waals surface area contributed by atoms with Crippen molar-refractivity contribution in [2.24, 2.45) is 0 Å². The summed E-state index contributed by atoms with van der Waals surface area (Å²) in [6, 6.07) is 3.07. The zero-order chi connectivity index (χ0) is 25.1. The average molecular weight is 512 g/mol. The number of nitrogens with one attached hydrogen (secondary N) is 2. The van der Waals surface area contributed by atoms with Crippen LogP contribution in [0.25, 0.3) is 22.3 Å². The van der Waals surface area contributed by atoms with Crippen molar-refractivity contribution in [1.29, 1.82) is 0 Å². The lowest BCUT2D eigenvalue weighted by molar-refractivity contribution is 0.0322. The van der Waals surface area contributed by atoms with Crippen molar-refractivity contribution >= 4 is 28.6 Å². The highest BCUT2D eigenvalue weighted by Gasteiger charge is 2.23. The molecule has 0 aliphatic carbocycles. The molecule has 1 unspecified atom stereocenters. The van der Waals surface area contributed by atoms with E-state index in [1.165, 1.54) is 18.6 Å². The molecule has 1 aromatic carbocycles. The molecule has 188 valence electrons. The first-order valence-corrected chi connectivity index (χ1v) is 12.2. The highest BCUT2D eigenvalue weighted by molar-refractivity contribution is 6.32. The van der Waals surface area contributed by atoms with Gasteiger partial charge in [0.2, 0.25) is 0 Å². The first-order chi connectivity index (χ1) is 17.5. The summed E-state index contributed by atoms with van der Waals surface area (Å²) in [6.07, 6.45) is 5.84. The Kier molecular flexibility index (Phi) is 7.26. The van der Waals surface area contributed by atoms with Gasteiger partial charge in [-0.2, -0.15) is 0 Å². The molecule has 0 radical (unpaired) electrons. The first-order valence-electron chi connectivity index (χ1n) is 11.8. The van der Waals surface area contributed by atoms with Gasteiger partial charge in [0, 0.05) is 47.5 Å². The van der Waals surface area contributed by atoms with Crippen LogP contribution in [0.3, 0.4) is 0 Å². The topological polar surface area (TPSA) is 101 Å². The predicted molar refractivity (Wildman–Crippen MR) is 136 cm³/mol. The van der Waals surface area contributed by atoms with E-state index in [1.807, 2.05) is 19.9 Å². The van der Waals surface area contributed by atoms with Crippen molar-refractivity contribution in [2.45, 2.75) is 19.9 Å². The maximum atomic E-state index is 14.2. The number of imidazole rings is 1. The van der Waals surface area contributed by atoms with E-state index in [1.54, 1.807) is 12.5 Å². The van der Waals surface area contributed by atoms with E-state index in [0.717, 1.165) is 36.3 Å². The summed E-state index contributed by atoms with van der Waals surface area (Å²) in [6.45, 7) is 8.25. The predicted octanol–water partition coefficient (Wildman–Crippen LogP) is 4.40. The molecule has 1 saturated heterocycles. The third kappa shape index (κ3) is 5.11. The molecule has 5 rings (SSSR count). The Balaban J connectivity index is 1.52. The fraction of sp³-hybridized carbons (Fsp3) is 0.360. The van der Waals surface area contributed by atoms with E-state index in [0.29, 0.717) is 53.1 Å². The molecule has 36 heavy (non-hydrogen) atoms. The molecule has 9 nitrogen and oxygen atoms in total. The van der Waals surface area contributed by atoms with Gasteiger partial charge in [-0.3, -0.25) is 9.88 Å². The van der Waals surface area contributed by atoms with Gasteiger partial charge in [0.25, 0.3) is 0 Å². The van der Waals surface area contributed by atoms with Crippen molar-refractivity contribution in [2.75, 3.05) is 44.8 Å². The summed E-state index contributed by atoms with van der Waals surface area (Å²) >= 11 is 6.70. The lowest BCUT2D eigenvalue weighted by atomic mass is 9.94. The van der Waals surface area contributed by atoms with Crippen molar-refractivity contribution in [3.8, 4) is 16.9 Å². The van der Waals surface area contributed by atoms with Crippen LogP contribution in [-0.2, 0) is 4.74 Å². The van der Waals surface area contributed by atoms with E-state index >= 15 is 0 Å². The fourth-order valence-corrected chi connectivity index (χ4v) is 4.59. The summed E-state index contributed by atoms with van der Waals surface area (Å²) in [5, 5.41) is 3.98. The number of morpholine rings is 1. The Morgan fingerprint density at radius 1 is 1.22 bits per heavy atom. The van der Waals surface area contributed by atoms with E-state index in [9.17, 15) is 4.39 Å². The minimum Gasteiger partial charge on any atom is -0.491 e. The number of rotatable bonds is 8. The summed E-state index contributed by atoms with van der Waals surface area (Å²) in [5.41, 5.74) is 4.19. The van der Waals surface area contributed by atoms with Crippen LogP contribution in [0.2, 0.25) is 5.02 Å². The number of anilines is 1. The van der Waals surface area contributed by atoms with Crippen molar-refractivity contribution in [3.63, 3.8) is 0 Å². The Morgan fingerprint density at radius 2 is 2.06 bits per heavy atom. The van der Waals surface area contributed by atoms with Gasteiger partial charge in [-0.15, -0.1) is 0 Å². The molecular formula is C25H27ClFN7O2. The lowest BCUT2D eigenvalue weighted by Crippen LogP contribution is -2.38. The molecule has 0 saturated carbocycles. The van der Waals surface area contributed by atoms with Crippen LogP contribution in [0.15, 0.2) is 37.2 Å². The minimum absolute atomic E-state index is 0.261. The van der Waals surface area contributed by atoms with Gasteiger partial charge >= 0.3 is 0 Å². The summed E-state index contributed by atoms with van der Waals surface area (Å²) < 4.78 is 26.1. The lowest BCUT2D eigenvalue weighted by Gasteiger charge is -2.28. The third-order valence-corrected chi connectivity index (χ3v) is 6.69. The van der Waals surface area contributed by atoms with Crippen LogP contribution in [-0.4, -0.2) is 69.3 Å². The third-order valence-electron chi connectivity index (χ3n) is 6.30. The Hall–Kier alpha value is -3.34. The summed E-state index contributed by atoms with van der Waals surface area (Å²) in [4.78, 5) is 22.2. The SMILES string of the molecule is Cc1c(Cl)cc(C(C)Nc2ncnc3nc[nH]c23)c(OCCN2CCOCC2)c1-c1cncc(F)c1. The zero-order valence-electron chi connectivity index (χ0n) is 20.1. The minimum atomic E-state index is -0.429.